The summed E-state index contributed by atoms with van der Waals surface area (Å²) in [5, 5.41) is 6.95. The van der Waals surface area contributed by atoms with Gasteiger partial charge in [-0.2, -0.15) is 0 Å². The number of hydrogen-bond acceptors (Lipinski definition) is 4. The molecule has 150 valence electrons. The fraction of sp³-hybridized carbons (Fsp3) is 0.636. The van der Waals surface area contributed by atoms with Crippen LogP contribution in [0.5, 0.6) is 0 Å². The summed E-state index contributed by atoms with van der Waals surface area (Å²) in [6.07, 6.45) is 3.90. The van der Waals surface area contributed by atoms with Crippen molar-refractivity contribution in [2.24, 2.45) is 17.8 Å². The van der Waals surface area contributed by atoms with E-state index in [1.807, 2.05) is 24.3 Å². The molecular weight excluding hydrogens is 352 g/mol. The first-order valence-electron chi connectivity index (χ1n) is 10.8. The highest BCUT2D eigenvalue weighted by molar-refractivity contribution is 6.02. The Morgan fingerprint density at radius 1 is 1.14 bits per heavy atom. The van der Waals surface area contributed by atoms with Crippen molar-refractivity contribution in [3.63, 3.8) is 0 Å². The third-order valence-electron chi connectivity index (χ3n) is 7.59. The molecule has 2 amide bonds. The first-order valence-corrected chi connectivity index (χ1v) is 10.8. The van der Waals surface area contributed by atoms with Gasteiger partial charge in [-0.1, -0.05) is 19.1 Å². The van der Waals surface area contributed by atoms with Gasteiger partial charge in [0.05, 0.1) is 5.56 Å². The highest BCUT2D eigenvalue weighted by Gasteiger charge is 2.55. The summed E-state index contributed by atoms with van der Waals surface area (Å²) in [6.45, 7) is 6.93. The van der Waals surface area contributed by atoms with Crippen LogP contribution in [0, 0.1) is 17.8 Å². The topological polar surface area (TPSA) is 64.7 Å². The minimum Gasteiger partial charge on any atom is -0.362 e. The lowest BCUT2D eigenvalue weighted by Gasteiger charge is -2.57. The largest absolute Gasteiger partial charge is 0.362 e. The van der Waals surface area contributed by atoms with Crippen LogP contribution in [0.15, 0.2) is 24.3 Å². The first kappa shape index (κ1) is 18.0. The molecule has 6 rings (SSSR count). The average Bonchev–Trinajstić information content (AvgIpc) is 2.73. The van der Waals surface area contributed by atoms with Crippen LogP contribution in [-0.4, -0.2) is 60.0 Å². The van der Waals surface area contributed by atoms with E-state index in [0.29, 0.717) is 17.7 Å². The maximum Gasteiger partial charge on any atom is 0.255 e. The quantitative estimate of drug-likeness (QED) is 0.823. The number of nitrogens with zero attached hydrogens (tertiary/aromatic N) is 2. The standard InChI is InChI=1S/C22H30N4O2/c1-2-25-9-11-26(12-10-25)21(28)18-13-16-8-7-15(18)14-22(16)23-19-6-4-3-5-17(19)20(27)24-22/h3-6,15-16,18,23H,2,7-14H2,1H3,(H,24,27)/t15-,16+,18+,22-/m0/s1. The molecule has 1 spiro atoms. The van der Waals surface area contributed by atoms with Gasteiger partial charge < -0.3 is 20.4 Å². The molecule has 3 aliphatic carbocycles. The third kappa shape index (κ3) is 2.81. The monoisotopic (exact) mass is 382 g/mol. The lowest BCUT2D eigenvalue weighted by molar-refractivity contribution is -0.144. The van der Waals surface area contributed by atoms with Crippen molar-refractivity contribution in [1.82, 2.24) is 15.1 Å². The predicted octanol–water partition coefficient (Wildman–Crippen LogP) is 2.14. The second-order valence-electron chi connectivity index (χ2n) is 8.94. The Hall–Kier alpha value is -2.08. The van der Waals surface area contributed by atoms with E-state index in [-0.39, 0.29) is 17.5 Å². The highest BCUT2D eigenvalue weighted by atomic mass is 16.2. The summed E-state index contributed by atoms with van der Waals surface area (Å²) in [7, 11) is 0. The first-order chi connectivity index (χ1) is 13.6. The summed E-state index contributed by atoms with van der Waals surface area (Å²) in [6, 6.07) is 7.74. The van der Waals surface area contributed by atoms with E-state index in [2.05, 4.69) is 27.4 Å². The van der Waals surface area contributed by atoms with Crippen molar-refractivity contribution < 1.29 is 9.59 Å². The molecule has 4 fully saturated rings. The third-order valence-corrected chi connectivity index (χ3v) is 7.59. The van der Waals surface area contributed by atoms with E-state index in [9.17, 15) is 9.59 Å². The smallest absolute Gasteiger partial charge is 0.255 e. The van der Waals surface area contributed by atoms with Crippen LogP contribution < -0.4 is 10.6 Å². The Morgan fingerprint density at radius 3 is 2.64 bits per heavy atom. The van der Waals surface area contributed by atoms with Crippen LogP contribution in [0.3, 0.4) is 0 Å². The molecule has 1 aromatic carbocycles. The number of piperazine rings is 1. The van der Waals surface area contributed by atoms with E-state index in [4.69, 9.17) is 0 Å². The van der Waals surface area contributed by atoms with Gasteiger partial charge in [-0.25, -0.2) is 0 Å². The van der Waals surface area contributed by atoms with Crippen molar-refractivity contribution in [1.29, 1.82) is 0 Å². The lowest BCUT2D eigenvalue weighted by atomic mass is 9.58. The molecule has 2 aliphatic heterocycles. The molecule has 1 aromatic rings. The number of likely N-dealkylation sites (N-methyl/N-ethyl adjacent to an activating group) is 1. The number of rotatable bonds is 2. The predicted molar refractivity (Wildman–Crippen MR) is 108 cm³/mol. The normalized spacial score (nSPS) is 34.7. The maximum atomic E-state index is 13.3. The Balaban J connectivity index is 1.32. The minimum atomic E-state index is -0.383. The van der Waals surface area contributed by atoms with Crippen molar-refractivity contribution in [3.05, 3.63) is 29.8 Å². The van der Waals surface area contributed by atoms with Gasteiger partial charge in [0.1, 0.15) is 5.66 Å². The van der Waals surface area contributed by atoms with Crippen LogP contribution in [0.25, 0.3) is 0 Å². The van der Waals surface area contributed by atoms with Gasteiger partial charge in [-0.3, -0.25) is 9.59 Å². The van der Waals surface area contributed by atoms with Gasteiger partial charge in [0, 0.05) is 43.7 Å². The van der Waals surface area contributed by atoms with E-state index in [1.54, 1.807) is 0 Å². The molecule has 2 heterocycles. The number of carbonyl (C=O) groups is 2. The molecule has 3 saturated carbocycles. The van der Waals surface area contributed by atoms with Crippen molar-refractivity contribution in [2.75, 3.05) is 38.0 Å². The summed E-state index contributed by atoms with van der Waals surface area (Å²) in [5.41, 5.74) is 1.26. The minimum absolute atomic E-state index is 0.0143. The van der Waals surface area contributed by atoms with Crippen molar-refractivity contribution in [2.45, 2.75) is 38.3 Å². The molecule has 1 saturated heterocycles. The molecule has 28 heavy (non-hydrogen) atoms. The molecule has 0 radical (unpaired) electrons. The number of benzene rings is 1. The van der Waals surface area contributed by atoms with E-state index >= 15 is 0 Å². The molecule has 0 aromatic heterocycles. The molecule has 4 atom stereocenters. The number of carbonyl (C=O) groups excluding carboxylic acids is 2. The fourth-order valence-corrected chi connectivity index (χ4v) is 5.96. The number of fused-ring (bicyclic) bond motifs is 3. The number of nitrogens with one attached hydrogen (secondary N) is 2. The van der Waals surface area contributed by atoms with Crippen LogP contribution in [0.2, 0.25) is 0 Å². The van der Waals surface area contributed by atoms with Crippen molar-refractivity contribution in [3.8, 4) is 0 Å². The maximum absolute atomic E-state index is 13.3. The SMILES string of the molecule is CCN1CCN(C(=O)[C@@H]2C[C@H]3CC[C@H]2C[C@]32NC(=O)c3ccccc3N2)CC1. The molecule has 0 unspecified atom stereocenters. The zero-order chi connectivity index (χ0) is 19.3. The van der Waals surface area contributed by atoms with Gasteiger partial charge in [0.2, 0.25) is 5.91 Å². The van der Waals surface area contributed by atoms with E-state index in [0.717, 1.165) is 69.7 Å². The summed E-state index contributed by atoms with van der Waals surface area (Å²) in [5.74, 6) is 1.14. The van der Waals surface area contributed by atoms with Crippen LogP contribution in [0.1, 0.15) is 43.0 Å². The Labute approximate surface area is 166 Å². The lowest BCUT2D eigenvalue weighted by Crippen LogP contribution is -2.68. The van der Waals surface area contributed by atoms with Crippen LogP contribution in [0.4, 0.5) is 5.69 Å². The van der Waals surface area contributed by atoms with E-state index < -0.39 is 0 Å². The zero-order valence-electron chi connectivity index (χ0n) is 16.6. The van der Waals surface area contributed by atoms with Crippen molar-refractivity contribution >= 4 is 17.5 Å². The summed E-state index contributed by atoms with van der Waals surface area (Å²) < 4.78 is 0. The molecular formula is C22H30N4O2. The highest BCUT2D eigenvalue weighted by Crippen LogP contribution is 2.52. The van der Waals surface area contributed by atoms with Gasteiger partial charge in [0.25, 0.3) is 5.91 Å². The molecule has 5 aliphatic rings. The van der Waals surface area contributed by atoms with E-state index in [1.165, 1.54) is 0 Å². The zero-order valence-corrected chi connectivity index (χ0v) is 16.6. The van der Waals surface area contributed by atoms with Gasteiger partial charge >= 0.3 is 0 Å². The molecule has 2 bridgehead atoms. The Bertz CT molecular complexity index is 788. The number of amides is 2. The number of para-hydroxylation sites is 1. The molecule has 2 N–H and O–H groups in total. The molecule has 6 heteroatoms. The van der Waals surface area contributed by atoms with Gasteiger partial charge in [-0.15, -0.1) is 0 Å². The Kier molecular flexibility index (Phi) is 4.34. The Morgan fingerprint density at radius 2 is 1.93 bits per heavy atom. The fourth-order valence-electron chi connectivity index (χ4n) is 5.96. The summed E-state index contributed by atoms with van der Waals surface area (Å²) >= 11 is 0. The summed E-state index contributed by atoms with van der Waals surface area (Å²) in [4.78, 5) is 30.5. The second-order valence-corrected chi connectivity index (χ2v) is 8.94. The van der Waals surface area contributed by atoms with Crippen LogP contribution in [-0.2, 0) is 4.79 Å². The number of anilines is 1. The molecule has 6 nitrogen and oxygen atoms in total. The number of hydrogen-bond donors (Lipinski definition) is 2. The van der Waals surface area contributed by atoms with Gasteiger partial charge in [-0.05, 0) is 50.3 Å². The van der Waals surface area contributed by atoms with Crippen LogP contribution >= 0.6 is 0 Å². The average molecular weight is 383 g/mol. The second kappa shape index (κ2) is 6.76. The van der Waals surface area contributed by atoms with Gasteiger partial charge in [0.15, 0.2) is 0 Å².